The van der Waals surface area contributed by atoms with Gasteiger partial charge in [-0.3, -0.25) is 0 Å². The van der Waals surface area contributed by atoms with Crippen LogP contribution in [0.1, 0.15) is 18.9 Å². The highest BCUT2D eigenvalue weighted by atomic mass is 35.5. The predicted molar refractivity (Wildman–Crippen MR) is 60.1 cm³/mol. The van der Waals surface area contributed by atoms with Crippen LogP contribution in [0.2, 0.25) is 10.6 Å². The van der Waals surface area contributed by atoms with E-state index in [0.717, 1.165) is 12.8 Å². The topological polar surface area (TPSA) is 82.3 Å². The lowest BCUT2D eigenvalue weighted by molar-refractivity contribution is 0.565. The predicted octanol–water partition coefficient (Wildman–Crippen LogP) is 1.65. The number of nitrogens with zero attached hydrogens (tertiary/aromatic N) is 7. The largest absolute Gasteiger partial charge is 0.227 e. The van der Waals surface area contributed by atoms with Crippen LogP contribution in [0.15, 0.2) is 10.3 Å². The van der Waals surface area contributed by atoms with Gasteiger partial charge in [-0.1, -0.05) is 0 Å². The Balaban J connectivity index is 1.88. The molecule has 88 valence electrons. The van der Waals surface area contributed by atoms with E-state index in [1.54, 1.807) is 4.68 Å². The first kappa shape index (κ1) is 11.1. The molecule has 2 aromatic heterocycles. The Kier molecular flexibility index (Phi) is 2.85. The van der Waals surface area contributed by atoms with Crippen LogP contribution >= 0.6 is 35.0 Å². The van der Waals surface area contributed by atoms with E-state index in [1.807, 2.05) is 0 Å². The summed E-state index contributed by atoms with van der Waals surface area (Å²) in [5, 5.41) is 12.6. The summed E-state index contributed by atoms with van der Waals surface area (Å²) in [6.07, 6.45) is 2.19. The Morgan fingerprint density at radius 1 is 1.12 bits per heavy atom. The van der Waals surface area contributed by atoms with Crippen LogP contribution in [0.3, 0.4) is 0 Å². The molecule has 0 aliphatic heterocycles. The van der Waals surface area contributed by atoms with Crippen LogP contribution in [0, 0.1) is 0 Å². The summed E-state index contributed by atoms with van der Waals surface area (Å²) in [5.41, 5.74) is 0. The third-order valence-corrected chi connectivity index (χ3v) is 3.25. The molecule has 3 rings (SSSR count). The zero-order valence-corrected chi connectivity index (χ0v) is 10.6. The molecule has 0 N–H and O–H groups in total. The maximum absolute atomic E-state index is 5.69. The fourth-order valence-corrected chi connectivity index (χ4v) is 2.48. The third-order valence-electron chi connectivity index (χ3n) is 2.10. The Labute approximate surface area is 110 Å². The molecule has 1 aliphatic carbocycles. The molecule has 0 bridgehead atoms. The first-order chi connectivity index (χ1) is 8.22. The summed E-state index contributed by atoms with van der Waals surface area (Å²) in [6, 6.07) is 0.389. The Bertz CT molecular complexity index is 535. The summed E-state index contributed by atoms with van der Waals surface area (Å²) in [4.78, 5) is 11.6. The first-order valence-electron chi connectivity index (χ1n) is 4.75. The van der Waals surface area contributed by atoms with Crippen molar-refractivity contribution in [1.82, 2.24) is 35.2 Å². The Morgan fingerprint density at radius 2 is 1.82 bits per heavy atom. The van der Waals surface area contributed by atoms with Gasteiger partial charge in [0, 0.05) is 0 Å². The van der Waals surface area contributed by atoms with Crippen molar-refractivity contribution < 1.29 is 0 Å². The SMILES string of the molecule is Clc1nc(Cl)nc(Sc2nnnn2C2CC2)n1. The zero-order valence-electron chi connectivity index (χ0n) is 8.29. The third kappa shape index (κ3) is 2.48. The second-order valence-electron chi connectivity index (χ2n) is 3.40. The van der Waals surface area contributed by atoms with E-state index < -0.39 is 0 Å². The minimum Gasteiger partial charge on any atom is -0.217 e. The Hall–Kier alpha value is -0.990. The van der Waals surface area contributed by atoms with E-state index in [4.69, 9.17) is 23.2 Å². The molecule has 17 heavy (non-hydrogen) atoms. The molecule has 1 saturated carbocycles. The smallest absolute Gasteiger partial charge is 0.217 e. The van der Waals surface area contributed by atoms with Gasteiger partial charge in [0.15, 0.2) is 0 Å². The van der Waals surface area contributed by atoms with Gasteiger partial charge < -0.3 is 0 Å². The van der Waals surface area contributed by atoms with Crippen LogP contribution in [-0.2, 0) is 0 Å². The summed E-state index contributed by atoms with van der Waals surface area (Å²) in [6.45, 7) is 0. The Morgan fingerprint density at radius 3 is 2.47 bits per heavy atom. The molecular weight excluding hydrogens is 285 g/mol. The van der Waals surface area contributed by atoms with Crippen molar-refractivity contribution in [3.8, 4) is 0 Å². The average molecular weight is 290 g/mol. The molecule has 0 amide bonds. The maximum Gasteiger partial charge on any atom is 0.227 e. The summed E-state index contributed by atoms with van der Waals surface area (Å²) < 4.78 is 1.76. The van der Waals surface area contributed by atoms with Gasteiger partial charge in [-0.2, -0.15) is 15.0 Å². The monoisotopic (exact) mass is 289 g/mol. The minimum absolute atomic E-state index is 0.0537. The van der Waals surface area contributed by atoms with Crippen molar-refractivity contribution in [2.24, 2.45) is 0 Å². The van der Waals surface area contributed by atoms with Gasteiger partial charge in [-0.25, -0.2) is 4.68 Å². The lowest BCUT2D eigenvalue weighted by atomic mass is 10.7. The van der Waals surface area contributed by atoms with Crippen LogP contribution in [0.4, 0.5) is 0 Å². The minimum atomic E-state index is 0.0537. The second kappa shape index (κ2) is 4.35. The second-order valence-corrected chi connectivity index (χ2v) is 5.01. The van der Waals surface area contributed by atoms with Crippen molar-refractivity contribution >= 4 is 35.0 Å². The van der Waals surface area contributed by atoms with Crippen LogP contribution < -0.4 is 0 Å². The molecule has 7 nitrogen and oxygen atoms in total. The van der Waals surface area contributed by atoms with Crippen molar-refractivity contribution in [2.45, 2.75) is 29.2 Å². The molecule has 2 heterocycles. The van der Waals surface area contributed by atoms with Gasteiger partial charge in [0.05, 0.1) is 6.04 Å². The van der Waals surface area contributed by atoms with Gasteiger partial charge in [-0.05, 0) is 58.2 Å². The molecule has 1 aliphatic rings. The van der Waals surface area contributed by atoms with Gasteiger partial charge in [0.2, 0.25) is 20.9 Å². The van der Waals surface area contributed by atoms with Crippen LogP contribution in [0.5, 0.6) is 0 Å². The van der Waals surface area contributed by atoms with E-state index >= 15 is 0 Å². The summed E-state index contributed by atoms with van der Waals surface area (Å²) in [5.74, 6) is 0. The lowest BCUT2D eigenvalue weighted by Gasteiger charge is -2.01. The van der Waals surface area contributed by atoms with Crippen molar-refractivity contribution in [2.75, 3.05) is 0 Å². The van der Waals surface area contributed by atoms with Crippen LogP contribution in [0.25, 0.3) is 0 Å². The van der Waals surface area contributed by atoms with Crippen molar-refractivity contribution in [3.63, 3.8) is 0 Å². The summed E-state index contributed by atoms with van der Waals surface area (Å²) >= 11 is 12.6. The molecule has 0 unspecified atom stereocenters. The van der Waals surface area contributed by atoms with E-state index in [0.29, 0.717) is 16.4 Å². The number of hydrogen-bond acceptors (Lipinski definition) is 7. The van der Waals surface area contributed by atoms with Crippen LogP contribution in [-0.4, -0.2) is 35.2 Å². The number of aromatic nitrogens is 7. The molecule has 0 saturated heterocycles. The standard InChI is InChI=1S/C7H5Cl2N7S/c8-4-10-5(9)12-6(11-4)17-7-13-14-15-16(7)3-1-2-3/h3H,1-2H2. The molecule has 2 aromatic rings. The van der Waals surface area contributed by atoms with E-state index in [1.165, 1.54) is 11.8 Å². The van der Waals surface area contributed by atoms with E-state index in [2.05, 4.69) is 30.5 Å². The highest BCUT2D eigenvalue weighted by Crippen LogP contribution is 2.37. The van der Waals surface area contributed by atoms with Gasteiger partial charge in [0.1, 0.15) is 0 Å². The summed E-state index contributed by atoms with van der Waals surface area (Å²) in [7, 11) is 0. The molecule has 10 heteroatoms. The van der Waals surface area contributed by atoms with Gasteiger partial charge in [0.25, 0.3) is 0 Å². The first-order valence-corrected chi connectivity index (χ1v) is 6.32. The fraction of sp³-hybridized carbons (Fsp3) is 0.429. The van der Waals surface area contributed by atoms with Gasteiger partial charge in [-0.15, -0.1) is 5.10 Å². The number of tetrazole rings is 1. The van der Waals surface area contributed by atoms with Crippen molar-refractivity contribution in [3.05, 3.63) is 10.6 Å². The van der Waals surface area contributed by atoms with Crippen molar-refractivity contribution in [1.29, 1.82) is 0 Å². The number of rotatable bonds is 3. The highest BCUT2D eigenvalue weighted by Gasteiger charge is 2.28. The number of hydrogen-bond donors (Lipinski definition) is 0. The van der Waals surface area contributed by atoms with E-state index in [-0.39, 0.29) is 10.6 Å². The average Bonchev–Trinajstić information content (AvgIpc) is 2.99. The fourth-order valence-electron chi connectivity index (χ4n) is 1.24. The van der Waals surface area contributed by atoms with Gasteiger partial charge >= 0.3 is 0 Å². The molecule has 0 spiro atoms. The maximum atomic E-state index is 5.69. The normalized spacial score (nSPS) is 15.2. The lowest BCUT2D eigenvalue weighted by Crippen LogP contribution is -2.00. The molecular formula is C7H5Cl2N7S. The molecule has 0 aromatic carbocycles. The highest BCUT2D eigenvalue weighted by molar-refractivity contribution is 7.99. The van der Waals surface area contributed by atoms with E-state index in [9.17, 15) is 0 Å². The quantitative estimate of drug-likeness (QED) is 0.849. The zero-order chi connectivity index (χ0) is 11.8. The number of halogens is 2. The molecule has 0 radical (unpaired) electrons. The molecule has 0 atom stereocenters. The molecule has 1 fully saturated rings.